The lowest BCUT2D eigenvalue weighted by Crippen LogP contribution is -2.14. The minimum atomic E-state index is -0.855. The van der Waals surface area contributed by atoms with Crippen LogP contribution in [0.2, 0.25) is 0 Å². The summed E-state index contributed by atoms with van der Waals surface area (Å²) in [7, 11) is 0. The number of ether oxygens (including phenoxy) is 3. The van der Waals surface area contributed by atoms with Crippen molar-refractivity contribution in [1.29, 1.82) is 0 Å². The summed E-state index contributed by atoms with van der Waals surface area (Å²) < 4.78 is 14.4. The predicted octanol–water partition coefficient (Wildman–Crippen LogP) is 2.25. The fourth-order valence-corrected chi connectivity index (χ4v) is 1.02. The van der Waals surface area contributed by atoms with Crippen LogP contribution in [0.3, 0.4) is 0 Å². The average molecular weight is 249 g/mol. The van der Waals surface area contributed by atoms with Crippen molar-refractivity contribution in [1.82, 2.24) is 0 Å². The minimum Gasteiger partial charge on any atom is -0.432 e. The minimum absolute atomic E-state index is 0.0501. The highest BCUT2D eigenvalue weighted by molar-refractivity contribution is 5.64. The highest BCUT2D eigenvalue weighted by Crippen LogP contribution is 2.17. The molecule has 1 aromatic rings. The molecule has 0 bridgehead atoms. The van der Waals surface area contributed by atoms with Crippen LogP contribution in [0.15, 0.2) is 29.4 Å². The maximum Gasteiger partial charge on any atom is 0.513 e. The summed E-state index contributed by atoms with van der Waals surface area (Å²) in [5.41, 5.74) is 0.249. The highest BCUT2D eigenvalue weighted by Gasteiger charge is 2.05. The topological polar surface area (TPSA) is 74.2 Å². The molecular weight excluding hydrogens is 238 g/mol. The first kappa shape index (κ1) is 13.7. The molecule has 0 N–H and O–H groups in total. The number of hydrogen-bond acceptors (Lipinski definition) is 6. The fraction of sp³-hybridized carbons (Fsp3) is 0.250. The Kier molecular flexibility index (Phi) is 5.94. The third-order valence-electron chi connectivity index (χ3n) is 1.78. The summed E-state index contributed by atoms with van der Waals surface area (Å²) in [6.07, 6.45) is 4.10. The molecule has 0 spiro atoms. The van der Waals surface area contributed by atoms with E-state index in [9.17, 15) is 9.70 Å². The number of rotatable bonds is 6. The molecule has 94 valence electrons. The number of carbonyl (C=O) groups is 1. The number of terminal acetylenes is 1. The Balaban J connectivity index is 2.27. The summed E-state index contributed by atoms with van der Waals surface area (Å²) in [5, 5.41) is 2.71. The molecule has 0 atom stereocenters. The van der Waals surface area contributed by atoms with Crippen molar-refractivity contribution in [3.05, 3.63) is 29.2 Å². The van der Waals surface area contributed by atoms with E-state index in [0.717, 1.165) is 0 Å². The quantitative estimate of drug-likeness (QED) is 0.254. The second-order valence-electron chi connectivity index (χ2n) is 3.04. The summed E-state index contributed by atoms with van der Waals surface area (Å²) in [6.45, 7) is 0.417. The molecule has 0 aromatic heterocycles. The van der Waals surface area contributed by atoms with Crippen molar-refractivity contribution in [2.24, 2.45) is 5.18 Å². The van der Waals surface area contributed by atoms with E-state index >= 15 is 0 Å². The lowest BCUT2D eigenvalue weighted by molar-refractivity contribution is 0.0614. The highest BCUT2D eigenvalue weighted by atomic mass is 16.7. The molecular formula is C12H11NO5. The molecule has 0 fully saturated rings. The molecule has 1 aromatic carbocycles. The summed E-state index contributed by atoms with van der Waals surface area (Å²) in [6, 6.07) is 5.72. The lowest BCUT2D eigenvalue weighted by atomic mass is 10.3. The van der Waals surface area contributed by atoms with Crippen molar-refractivity contribution in [3.8, 4) is 18.1 Å². The maximum absolute atomic E-state index is 11.2. The van der Waals surface area contributed by atoms with E-state index in [-0.39, 0.29) is 31.3 Å². The number of nitrogens with zero attached hydrogens (tertiary/aromatic N) is 1. The Morgan fingerprint density at radius 1 is 1.28 bits per heavy atom. The molecule has 0 amide bonds. The van der Waals surface area contributed by atoms with E-state index in [1.807, 2.05) is 0 Å². The van der Waals surface area contributed by atoms with Gasteiger partial charge in [0.05, 0.1) is 6.61 Å². The van der Waals surface area contributed by atoms with Gasteiger partial charge in [0.2, 0.25) is 0 Å². The van der Waals surface area contributed by atoms with Crippen LogP contribution in [0.5, 0.6) is 5.75 Å². The van der Waals surface area contributed by atoms with Crippen molar-refractivity contribution in [2.75, 3.05) is 19.8 Å². The van der Waals surface area contributed by atoms with Crippen molar-refractivity contribution in [3.63, 3.8) is 0 Å². The molecule has 0 saturated heterocycles. The third-order valence-corrected chi connectivity index (χ3v) is 1.78. The van der Waals surface area contributed by atoms with Gasteiger partial charge in [0.1, 0.15) is 24.7 Å². The summed E-state index contributed by atoms with van der Waals surface area (Å²) in [4.78, 5) is 21.3. The molecule has 0 unspecified atom stereocenters. The van der Waals surface area contributed by atoms with E-state index in [0.29, 0.717) is 0 Å². The third kappa shape index (κ3) is 5.09. The van der Waals surface area contributed by atoms with Gasteiger partial charge in [-0.2, -0.15) is 0 Å². The van der Waals surface area contributed by atoms with Gasteiger partial charge in [-0.25, -0.2) is 4.79 Å². The van der Waals surface area contributed by atoms with Gasteiger partial charge in [-0.15, -0.1) is 11.3 Å². The maximum atomic E-state index is 11.2. The second-order valence-corrected chi connectivity index (χ2v) is 3.04. The monoisotopic (exact) mass is 249 g/mol. The zero-order valence-corrected chi connectivity index (χ0v) is 9.50. The van der Waals surface area contributed by atoms with E-state index < -0.39 is 6.16 Å². The average Bonchev–Trinajstić information content (AvgIpc) is 2.39. The molecule has 0 saturated carbocycles. The normalized spacial score (nSPS) is 9.28. The van der Waals surface area contributed by atoms with E-state index in [2.05, 4.69) is 11.1 Å². The fourth-order valence-electron chi connectivity index (χ4n) is 1.02. The van der Waals surface area contributed by atoms with Gasteiger partial charge in [-0.3, -0.25) is 0 Å². The molecule has 6 nitrogen and oxygen atoms in total. The van der Waals surface area contributed by atoms with Crippen LogP contribution in [-0.2, 0) is 9.47 Å². The van der Waals surface area contributed by atoms with E-state index in [4.69, 9.17) is 20.6 Å². The number of benzene rings is 1. The Morgan fingerprint density at radius 3 is 2.61 bits per heavy atom. The second kappa shape index (κ2) is 7.81. The SMILES string of the molecule is C#CCOCCOC(=O)Oc1ccc(N=O)cc1. The van der Waals surface area contributed by atoms with Crippen molar-refractivity contribution < 1.29 is 19.0 Å². The van der Waals surface area contributed by atoms with E-state index in [1.54, 1.807) is 0 Å². The number of carbonyl (C=O) groups excluding carboxylic acids is 1. The van der Waals surface area contributed by atoms with Crippen LogP contribution in [0.4, 0.5) is 10.5 Å². The van der Waals surface area contributed by atoms with Crippen LogP contribution in [0.1, 0.15) is 0 Å². The summed E-state index contributed by atoms with van der Waals surface area (Å²) >= 11 is 0. The first-order chi connectivity index (χ1) is 8.76. The van der Waals surface area contributed by atoms with Gasteiger partial charge in [0.25, 0.3) is 0 Å². The molecule has 6 heteroatoms. The Hall–Kier alpha value is -2.39. The van der Waals surface area contributed by atoms with Gasteiger partial charge < -0.3 is 14.2 Å². The molecule has 18 heavy (non-hydrogen) atoms. The largest absolute Gasteiger partial charge is 0.513 e. The number of nitroso groups, excluding NO2 is 1. The van der Waals surface area contributed by atoms with Crippen LogP contribution in [0, 0.1) is 17.3 Å². The molecule has 0 radical (unpaired) electrons. The molecule has 1 rings (SSSR count). The first-order valence-corrected chi connectivity index (χ1v) is 5.05. The van der Waals surface area contributed by atoms with Gasteiger partial charge in [0, 0.05) is 0 Å². The van der Waals surface area contributed by atoms with Gasteiger partial charge in [0.15, 0.2) is 0 Å². The standard InChI is InChI=1S/C12H11NO5/c1-2-7-16-8-9-17-12(14)18-11-5-3-10(13-15)4-6-11/h1,3-6H,7-9H2. The zero-order valence-electron chi connectivity index (χ0n) is 9.50. The van der Waals surface area contributed by atoms with Crippen LogP contribution < -0.4 is 4.74 Å². The van der Waals surface area contributed by atoms with Gasteiger partial charge in [-0.1, -0.05) is 5.92 Å². The number of hydrogen-bond donors (Lipinski definition) is 0. The first-order valence-electron chi connectivity index (χ1n) is 5.05. The molecule has 0 aliphatic carbocycles. The van der Waals surface area contributed by atoms with Crippen molar-refractivity contribution in [2.45, 2.75) is 0 Å². The zero-order chi connectivity index (χ0) is 13.2. The van der Waals surface area contributed by atoms with Gasteiger partial charge in [-0.05, 0) is 29.4 Å². The Bertz CT molecular complexity index is 435. The smallest absolute Gasteiger partial charge is 0.432 e. The van der Waals surface area contributed by atoms with Crippen LogP contribution in [-0.4, -0.2) is 26.0 Å². The molecule has 0 aliphatic rings. The Morgan fingerprint density at radius 2 is 2.00 bits per heavy atom. The van der Waals surface area contributed by atoms with Crippen LogP contribution >= 0.6 is 0 Å². The van der Waals surface area contributed by atoms with Crippen molar-refractivity contribution >= 4 is 11.8 Å². The van der Waals surface area contributed by atoms with Crippen LogP contribution in [0.25, 0.3) is 0 Å². The molecule has 0 aliphatic heterocycles. The van der Waals surface area contributed by atoms with E-state index in [1.165, 1.54) is 24.3 Å². The summed E-state index contributed by atoms with van der Waals surface area (Å²) in [5.74, 6) is 2.54. The predicted molar refractivity (Wildman–Crippen MR) is 63.5 cm³/mol. The lowest BCUT2D eigenvalue weighted by Gasteiger charge is -2.05. The Labute approximate surface area is 104 Å². The molecule has 0 heterocycles. The van der Waals surface area contributed by atoms with Gasteiger partial charge >= 0.3 is 6.16 Å².